The van der Waals surface area contributed by atoms with E-state index in [1.165, 1.54) is 5.56 Å². The predicted molar refractivity (Wildman–Crippen MR) is 105 cm³/mol. The monoisotopic (exact) mass is 409 g/mol. The maximum Gasteiger partial charge on any atom is 0.314 e. The van der Waals surface area contributed by atoms with Gasteiger partial charge in [0, 0.05) is 15.9 Å². The number of aromatic hydroxyl groups is 1. The summed E-state index contributed by atoms with van der Waals surface area (Å²) in [6.07, 6.45) is 1.67. The van der Waals surface area contributed by atoms with E-state index >= 15 is 0 Å². The maximum absolute atomic E-state index is 10.2. The third kappa shape index (κ3) is 4.85. The van der Waals surface area contributed by atoms with Crippen LogP contribution in [0.15, 0.2) is 40.9 Å². The number of phenols is 1. The van der Waals surface area contributed by atoms with Crippen LogP contribution in [0.25, 0.3) is 0 Å². The molecule has 0 saturated carbocycles. The molecule has 1 N–H and O–H groups in total. The standard InChI is InChI=1S/C19H22BrClOSi/c1-19(2,23(3)4)12-15-10-13(5-8-18(15)22)9-14-11-16(20)6-7-17(14)21/h5-8,10-11H,9,12H2,1-4H3/p+1. The third-order valence-corrected chi connectivity index (χ3v) is 8.28. The molecule has 2 rings (SSSR count). The van der Waals surface area contributed by atoms with Gasteiger partial charge in [0.25, 0.3) is 0 Å². The van der Waals surface area contributed by atoms with Crippen LogP contribution in [0.5, 0.6) is 5.75 Å². The second-order valence-electron chi connectivity index (χ2n) is 6.94. The summed E-state index contributed by atoms with van der Waals surface area (Å²) in [5, 5.41) is 11.2. The second-order valence-corrected chi connectivity index (χ2v) is 11.6. The van der Waals surface area contributed by atoms with Gasteiger partial charge in [0.2, 0.25) is 0 Å². The van der Waals surface area contributed by atoms with E-state index in [-0.39, 0.29) is 5.04 Å². The lowest BCUT2D eigenvalue weighted by Gasteiger charge is -2.19. The Morgan fingerprint density at radius 3 is 2.43 bits per heavy atom. The Kier molecular flexibility index (Phi) is 5.98. The third-order valence-electron chi connectivity index (χ3n) is 4.53. The van der Waals surface area contributed by atoms with Gasteiger partial charge in [-0.15, -0.1) is 0 Å². The molecular weight excluding hydrogens is 388 g/mol. The molecule has 0 aliphatic heterocycles. The van der Waals surface area contributed by atoms with Crippen molar-refractivity contribution in [2.45, 2.75) is 44.8 Å². The van der Waals surface area contributed by atoms with E-state index in [0.29, 0.717) is 5.75 Å². The Morgan fingerprint density at radius 1 is 1.09 bits per heavy atom. The van der Waals surface area contributed by atoms with Crippen molar-refractivity contribution in [2.75, 3.05) is 0 Å². The Hall–Kier alpha value is -0.773. The van der Waals surface area contributed by atoms with E-state index in [0.717, 1.165) is 33.5 Å². The molecule has 0 aromatic heterocycles. The molecule has 0 aliphatic carbocycles. The fourth-order valence-corrected chi connectivity index (χ4v) is 3.58. The summed E-state index contributed by atoms with van der Waals surface area (Å²) < 4.78 is 1.03. The summed E-state index contributed by atoms with van der Waals surface area (Å²) in [5.41, 5.74) is 3.30. The lowest BCUT2D eigenvalue weighted by Crippen LogP contribution is -2.23. The molecule has 0 spiro atoms. The van der Waals surface area contributed by atoms with Crippen LogP contribution in [0, 0.1) is 0 Å². The number of hydrogen-bond donors (Lipinski definition) is 1. The first kappa shape index (κ1) is 18.6. The average molecular weight is 411 g/mol. The fourth-order valence-electron chi connectivity index (χ4n) is 2.44. The van der Waals surface area contributed by atoms with Gasteiger partial charge in [-0.1, -0.05) is 39.7 Å². The zero-order chi connectivity index (χ0) is 17.2. The highest BCUT2D eigenvalue weighted by atomic mass is 79.9. The summed E-state index contributed by atoms with van der Waals surface area (Å²) >= 11 is 9.80. The number of rotatable bonds is 5. The molecule has 2 aromatic carbocycles. The first-order valence-electron chi connectivity index (χ1n) is 7.74. The van der Waals surface area contributed by atoms with Crippen molar-refractivity contribution >= 4 is 36.3 Å². The van der Waals surface area contributed by atoms with Gasteiger partial charge in [-0.05, 0) is 61.2 Å². The van der Waals surface area contributed by atoms with Crippen molar-refractivity contribution in [3.05, 3.63) is 62.6 Å². The van der Waals surface area contributed by atoms with Crippen molar-refractivity contribution in [1.29, 1.82) is 0 Å². The van der Waals surface area contributed by atoms with Crippen molar-refractivity contribution in [3.63, 3.8) is 0 Å². The highest BCUT2D eigenvalue weighted by Gasteiger charge is 2.36. The summed E-state index contributed by atoms with van der Waals surface area (Å²) in [7, 11) is -0.446. The van der Waals surface area contributed by atoms with Crippen LogP contribution >= 0.6 is 27.5 Å². The van der Waals surface area contributed by atoms with E-state index in [1.54, 1.807) is 0 Å². The molecule has 23 heavy (non-hydrogen) atoms. The Bertz CT molecular complexity index is 698. The van der Waals surface area contributed by atoms with E-state index in [2.05, 4.69) is 55.0 Å². The van der Waals surface area contributed by atoms with Gasteiger partial charge in [0.05, 0.1) is 18.1 Å². The van der Waals surface area contributed by atoms with Crippen molar-refractivity contribution in [2.24, 2.45) is 0 Å². The zero-order valence-corrected chi connectivity index (χ0v) is 17.4. The molecule has 2 aromatic rings. The molecule has 4 heteroatoms. The minimum absolute atomic E-state index is 0.244. The van der Waals surface area contributed by atoms with Crippen LogP contribution < -0.4 is 0 Å². The molecule has 0 atom stereocenters. The van der Waals surface area contributed by atoms with E-state index in [1.807, 2.05) is 24.3 Å². The number of benzene rings is 2. The highest BCUT2D eigenvalue weighted by Crippen LogP contribution is 2.36. The Labute approximate surface area is 154 Å². The largest absolute Gasteiger partial charge is 0.508 e. The summed E-state index contributed by atoms with van der Waals surface area (Å²) in [5.74, 6) is 0.394. The number of hydrogen-bond acceptors (Lipinski definition) is 1. The highest BCUT2D eigenvalue weighted by molar-refractivity contribution is 9.10. The van der Waals surface area contributed by atoms with Gasteiger partial charge >= 0.3 is 8.80 Å². The topological polar surface area (TPSA) is 20.2 Å². The number of phenolic OH excluding ortho intramolecular Hbond substituents is 1. The number of halogens is 2. The molecule has 0 aliphatic rings. The normalized spacial score (nSPS) is 11.6. The van der Waals surface area contributed by atoms with Crippen LogP contribution in [-0.4, -0.2) is 13.9 Å². The van der Waals surface area contributed by atoms with E-state index in [9.17, 15) is 5.11 Å². The molecule has 0 saturated heterocycles. The first-order valence-corrected chi connectivity index (χ1v) is 11.4. The molecular formula is C19H23BrClOSi+. The van der Waals surface area contributed by atoms with Gasteiger partial charge in [0.1, 0.15) is 5.75 Å². The van der Waals surface area contributed by atoms with Gasteiger partial charge in [-0.2, -0.15) is 0 Å². The Morgan fingerprint density at radius 2 is 1.78 bits per heavy atom. The molecule has 122 valence electrons. The molecule has 0 radical (unpaired) electrons. The van der Waals surface area contributed by atoms with Crippen molar-refractivity contribution in [1.82, 2.24) is 0 Å². The van der Waals surface area contributed by atoms with Crippen LogP contribution in [0.1, 0.15) is 30.5 Å². The van der Waals surface area contributed by atoms with Crippen LogP contribution in [0.2, 0.25) is 23.2 Å². The van der Waals surface area contributed by atoms with E-state index < -0.39 is 8.80 Å². The molecule has 0 heterocycles. The molecule has 0 unspecified atom stereocenters. The maximum atomic E-state index is 10.2. The van der Waals surface area contributed by atoms with Gasteiger partial charge in [-0.25, -0.2) is 0 Å². The second kappa shape index (κ2) is 7.41. The SMILES string of the molecule is C[Si+](C)C(C)(C)Cc1cc(Cc2cc(Br)ccc2Cl)ccc1O. The fraction of sp³-hybridized carbons (Fsp3) is 0.368. The predicted octanol–water partition coefficient (Wildman–Crippen LogP) is 6.48. The zero-order valence-electron chi connectivity index (χ0n) is 14.1. The summed E-state index contributed by atoms with van der Waals surface area (Å²) in [4.78, 5) is 0. The molecule has 0 fully saturated rings. The van der Waals surface area contributed by atoms with Crippen molar-refractivity contribution < 1.29 is 5.11 Å². The quantitative estimate of drug-likeness (QED) is 0.559. The Balaban J connectivity index is 2.28. The minimum Gasteiger partial charge on any atom is -0.508 e. The summed E-state index contributed by atoms with van der Waals surface area (Å²) in [6.45, 7) is 9.23. The van der Waals surface area contributed by atoms with Crippen LogP contribution in [0.3, 0.4) is 0 Å². The van der Waals surface area contributed by atoms with Crippen molar-refractivity contribution in [3.8, 4) is 5.75 Å². The molecule has 1 nitrogen and oxygen atoms in total. The first-order chi connectivity index (χ1) is 10.7. The molecule has 0 amide bonds. The lowest BCUT2D eigenvalue weighted by molar-refractivity contribution is 0.463. The van der Waals surface area contributed by atoms with Crippen LogP contribution in [-0.2, 0) is 12.8 Å². The minimum atomic E-state index is -0.446. The van der Waals surface area contributed by atoms with Crippen LogP contribution in [0.4, 0.5) is 0 Å². The summed E-state index contributed by atoms with van der Waals surface area (Å²) in [6, 6.07) is 11.8. The van der Waals surface area contributed by atoms with Gasteiger partial charge in [-0.3, -0.25) is 0 Å². The van der Waals surface area contributed by atoms with Gasteiger partial charge < -0.3 is 5.11 Å². The molecule has 0 bridgehead atoms. The lowest BCUT2D eigenvalue weighted by atomic mass is 9.96. The average Bonchev–Trinajstić information content (AvgIpc) is 2.46. The van der Waals surface area contributed by atoms with Gasteiger partial charge in [0.15, 0.2) is 0 Å². The van der Waals surface area contributed by atoms with E-state index in [4.69, 9.17) is 11.6 Å². The smallest absolute Gasteiger partial charge is 0.314 e.